The van der Waals surface area contributed by atoms with Crippen LogP contribution >= 0.6 is 0 Å². The van der Waals surface area contributed by atoms with E-state index in [1.807, 2.05) is 0 Å². The molecular formula is C49H93NO5. The molecule has 6 nitrogen and oxygen atoms in total. The minimum atomic E-state index is -0.789. The van der Waals surface area contributed by atoms with Crippen LogP contribution in [0.4, 0.5) is 0 Å². The van der Waals surface area contributed by atoms with Crippen molar-refractivity contribution in [3.05, 3.63) is 24.3 Å². The predicted octanol–water partition coefficient (Wildman–Crippen LogP) is 14.0. The zero-order chi connectivity index (χ0) is 40.3. The smallest absolute Gasteiger partial charge is 0.306 e. The molecule has 0 spiro atoms. The molecule has 0 saturated carbocycles. The number of nitrogens with one attached hydrogen (secondary N) is 1. The Kier molecular flexibility index (Phi) is 42.2. The summed E-state index contributed by atoms with van der Waals surface area (Å²) in [5, 5.41) is 23.6. The van der Waals surface area contributed by atoms with Gasteiger partial charge in [-0.1, -0.05) is 193 Å². The van der Waals surface area contributed by atoms with E-state index in [1.54, 1.807) is 0 Å². The average molecular weight is 776 g/mol. The second-order valence-corrected chi connectivity index (χ2v) is 16.5. The first kappa shape index (κ1) is 53.3. The van der Waals surface area contributed by atoms with Crippen molar-refractivity contribution in [3.63, 3.8) is 0 Å². The van der Waals surface area contributed by atoms with Crippen LogP contribution in [0.5, 0.6) is 0 Å². The minimum absolute atomic E-state index is 0.0583. The Balaban J connectivity index is 4.57. The summed E-state index contributed by atoms with van der Waals surface area (Å²) in [5.41, 5.74) is 0. The number of amides is 1. The van der Waals surface area contributed by atoms with E-state index in [-0.39, 0.29) is 24.9 Å². The van der Waals surface area contributed by atoms with Gasteiger partial charge in [0, 0.05) is 6.42 Å². The molecule has 0 bridgehead atoms. The maximum absolute atomic E-state index is 13.1. The third kappa shape index (κ3) is 39.0. The zero-order valence-corrected chi connectivity index (χ0v) is 36.8. The summed E-state index contributed by atoms with van der Waals surface area (Å²) in [5.74, 6) is -0.502. The molecule has 0 aliphatic heterocycles. The van der Waals surface area contributed by atoms with Crippen molar-refractivity contribution in [1.82, 2.24) is 5.32 Å². The van der Waals surface area contributed by atoms with E-state index < -0.39 is 18.2 Å². The summed E-state index contributed by atoms with van der Waals surface area (Å²) in [6.07, 6.45) is 48.1. The van der Waals surface area contributed by atoms with Gasteiger partial charge in [0.25, 0.3) is 0 Å². The fourth-order valence-corrected chi connectivity index (χ4v) is 7.31. The molecule has 55 heavy (non-hydrogen) atoms. The molecule has 3 N–H and O–H groups in total. The molecule has 3 unspecified atom stereocenters. The Morgan fingerprint density at radius 2 is 0.891 bits per heavy atom. The number of hydrogen-bond donors (Lipinski definition) is 3. The standard InChI is InChI=1S/C49H93NO5/c1-4-7-10-13-16-19-22-23-24-25-27-30-33-36-39-42-49(54)55-45(40-37-34-31-28-26-20-17-14-11-8-5-2)43-48(53)50-46(44-51)47(52)41-38-35-32-29-21-18-15-12-9-6-3/h19,22,28,31,45-47,51-52H,4-18,20-21,23-27,29-30,32-44H2,1-3H3,(H,50,53)/b22-19-,31-28-. The van der Waals surface area contributed by atoms with Crippen molar-refractivity contribution < 1.29 is 24.5 Å². The molecule has 0 heterocycles. The van der Waals surface area contributed by atoms with Gasteiger partial charge < -0.3 is 20.3 Å². The number of esters is 1. The lowest BCUT2D eigenvalue weighted by atomic mass is 10.0. The molecule has 0 fully saturated rings. The van der Waals surface area contributed by atoms with Gasteiger partial charge >= 0.3 is 5.97 Å². The van der Waals surface area contributed by atoms with Crippen LogP contribution in [-0.4, -0.2) is 46.9 Å². The van der Waals surface area contributed by atoms with Crippen LogP contribution < -0.4 is 5.32 Å². The van der Waals surface area contributed by atoms with E-state index in [4.69, 9.17) is 4.74 Å². The molecule has 0 aromatic rings. The summed E-state index contributed by atoms with van der Waals surface area (Å²) in [7, 11) is 0. The molecule has 0 aromatic carbocycles. The van der Waals surface area contributed by atoms with Gasteiger partial charge in [0.15, 0.2) is 0 Å². The number of rotatable bonds is 43. The van der Waals surface area contributed by atoms with E-state index in [9.17, 15) is 19.8 Å². The molecule has 0 saturated heterocycles. The molecular weight excluding hydrogens is 683 g/mol. The number of unbranched alkanes of at least 4 members (excludes halogenated alkanes) is 27. The highest BCUT2D eigenvalue weighted by Gasteiger charge is 2.24. The number of hydrogen-bond acceptors (Lipinski definition) is 5. The van der Waals surface area contributed by atoms with Crippen LogP contribution in [0, 0.1) is 0 Å². The second-order valence-electron chi connectivity index (χ2n) is 16.5. The van der Waals surface area contributed by atoms with E-state index in [1.165, 1.54) is 148 Å². The molecule has 0 aromatic heterocycles. The van der Waals surface area contributed by atoms with Crippen molar-refractivity contribution in [2.45, 2.75) is 270 Å². The van der Waals surface area contributed by atoms with E-state index in [0.29, 0.717) is 19.3 Å². The number of carbonyl (C=O) groups is 2. The SMILES string of the molecule is CCCCCC/C=C\CCCCCCCCCC(=O)OC(CCC/C=C\CCCCCCCC)CC(=O)NC(CO)C(O)CCCCCCCCCCCC. The summed E-state index contributed by atoms with van der Waals surface area (Å²) < 4.78 is 5.89. The van der Waals surface area contributed by atoms with Gasteiger partial charge in [0.1, 0.15) is 6.10 Å². The fourth-order valence-electron chi connectivity index (χ4n) is 7.31. The van der Waals surface area contributed by atoms with Crippen LogP contribution in [-0.2, 0) is 14.3 Å². The van der Waals surface area contributed by atoms with Crippen molar-refractivity contribution >= 4 is 11.9 Å². The van der Waals surface area contributed by atoms with Crippen LogP contribution in [0.1, 0.15) is 252 Å². The summed E-state index contributed by atoms with van der Waals surface area (Å²) in [6.45, 7) is 6.44. The molecule has 0 radical (unpaired) electrons. The Morgan fingerprint density at radius 1 is 0.509 bits per heavy atom. The monoisotopic (exact) mass is 776 g/mol. The van der Waals surface area contributed by atoms with Gasteiger partial charge in [0.05, 0.1) is 25.2 Å². The average Bonchev–Trinajstić information content (AvgIpc) is 3.18. The van der Waals surface area contributed by atoms with E-state index >= 15 is 0 Å². The maximum atomic E-state index is 13.1. The molecule has 3 atom stereocenters. The first-order chi connectivity index (χ1) is 27.0. The summed E-state index contributed by atoms with van der Waals surface area (Å²) in [6, 6.07) is -0.705. The topological polar surface area (TPSA) is 95.9 Å². The van der Waals surface area contributed by atoms with E-state index in [0.717, 1.165) is 57.8 Å². The van der Waals surface area contributed by atoms with Crippen LogP contribution in [0.15, 0.2) is 24.3 Å². The zero-order valence-electron chi connectivity index (χ0n) is 36.8. The first-order valence-corrected chi connectivity index (χ1v) is 24.1. The van der Waals surface area contributed by atoms with Crippen molar-refractivity contribution in [3.8, 4) is 0 Å². The second kappa shape index (κ2) is 43.5. The third-order valence-corrected chi connectivity index (χ3v) is 11.0. The van der Waals surface area contributed by atoms with Gasteiger partial charge in [0.2, 0.25) is 5.91 Å². The van der Waals surface area contributed by atoms with Crippen molar-refractivity contribution in [2.24, 2.45) is 0 Å². The van der Waals surface area contributed by atoms with E-state index in [2.05, 4.69) is 50.4 Å². The Morgan fingerprint density at radius 3 is 1.35 bits per heavy atom. The quantitative estimate of drug-likeness (QED) is 0.0326. The first-order valence-electron chi connectivity index (χ1n) is 24.1. The number of ether oxygens (including phenoxy) is 1. The van der Waals surface area contributed by atoms with Gasteiger partial charge in [-0.25, -0.2) is 0 Å². The van der Waals surface area contributed by atoms with Gasteiger partial charge in [-0.3, -0.25) is 9.59 Å². The largest absolute Gasteiger partial charge is 0.462 e. The molecule has 0 aliphatic carbocycles. The third-order valence-electron chi connectivity index (χ3n) is 11.0. The van der Waals surface area contributed by atoms with Gasteiger partial charge in [-0.05, 0) is 70.6 Å². The van der Waals surface area contributed by atoms with Gasteiger partial charge in [-0.2, -0.15) is 0 Å². The van der Waals surface area contributed by atoms with Crippen LogP contribution in [0.3, 0.4) is 0 Å². The lowest BCUT2D eigenvalue weighted by molar-refractivity contribution is -0.151. The Bertz CT molecular complexity index is 873. The fraction of sp³-hybridized carbons (Fsp3) is 0.878. The molecule has 1 amide bonds. The number of aliphatic hydroxyl groups is 2. The predicted molar refractivity (Wildman–Crippen MR) is 236 cm³/mol. The Hall–Kier alpha value is -1.66. The lowest BCUT2D eigenvalue weighted by Crippen LogP contribution is -2.46. The summed E-state index contributed by atoms with van der Waals surface area (Å²) in [4.78, 5) is 26.0. The molecule has 0 rings (SSSR count). The van der Waals surface area contributed by atoms with Crippen molar-refractivity contribution in [2.75, 3.05) is 6.61 Å². The number of allylic oxidation sites excluding steroid dienone is 4. The minimum Gasteiger partial charge on any atom is -0.462 e. The molecule has 0 aliphatic rings. The maximum Gasteiger partial charge on any atom is 0.306 e. The number of aliphatic hydroxyl groups excluding tert-OH is 2. The Labute approximate surface area is 341 Å². The molecule has 324 valence electrons. The normalized spacial score (nSPS) is 13.5. The highest BCUT2D eigenvalue weighted by atomic mass is 16.5. The molecule has 6 heteroatoms. The van der Waals surface area contributed by atoms with Crippen molar-refractivity contribution in [1.29, 1.82) is 0 Å². The number of carbonyl (C=O) groups excluding carboxylic acids is 2. The van der Waals surface area contributed by atoms with Crippen LogP contribution in [0.2, 0.25) is 0 Å². The highest BCUT2D eigenvalue weighted by molar-refractivity contribution is 5.77. The van der Waals surface area contributed by atoms with Crippen LogP contribution in [0.25, 0.3) is 0 Å². The summed E-state index contributed by atoms with van der Waals surface area (Å²) >= 11 is 0. The van der Waals surface area contributed by atoms with Gasteiger partial charge in [-0.15, -0.1) is 0 Å². The lowest BCUT2D eigenvalue weighted by Gasteiger charge is -2.24. The highest BCUT2D eigenvalue weighted by Crippen LogP contribution is 2.17.